The maximum absolute atomic E-state index is 12.5. The van der Waals surface area contributed by atoms with E-state index < -0.39 is 23.9 Å². The number of esters is 1. The summed E-state index contributed by atoms with van der Waals surface area (Å²) in [4.78, 5) is 38.8. The van der Waals surface area contributed by atoms with Gasteiger partial charge in [0.05, 0.1) is 12.7 Å². The van der Waals surface area contributed by atoms with E-state index in [1.165, 1.54) is 31.4 Å². The standard InChI is InChI=1S/C20H18N2O5/c1-27-20(26)13-6-4-5-12(9-13)18(23)22-17(19(24)25)10-14-11-21-16-8-3-2-7-15(14)16/h2-9,11,17,21H,10H2,1H3,(H,22,23)(H,24,25)/t17-/m1/s1. The van der Waals surface area contributed by atoms with E-state index in [-0.39, 0.29) is 17.5 Å². The number of carbonyl (C=O) groups is 3. The molecule has 1 amide bonds. The second kappa shape index (κ2) is 7.74. The van der Waals surface area contributed by atoms with Crippen molar-refractivity contribution in [1.82, 2.24) is 10.3 Å². The molecule has 3 N–H and O–H groups in total. The van der Waals surface area contributed by atoms with Crippen molar-refractivity contribution in [2.45, 2.75) is 12.5 Å². The Morgan fingerprint density at radius 3 is 2.59 bits per heavy atom. The van der Waals surface area contributed by atoms with Gasteiger partial charge in [0.1, 0.15) is 6.04 Å². The Balaban J connectivity index is 1.79. The highest BCUT2D eigenvalue weighted by atomic mass is 16.5. The topological polar surface area (TPSA) is 108 Å². The minimum atomic E-state index is -1.14. The zero-order valence-corrected chi connectivity index (χ0v) is 14.6. The number of hydrogen-bond donors (Lipinski definition) is 3. The molecule has 1 aromatic heterocycles. The smallest absolute Gasteiger partial charge is 0.337 e. The number of fused-ring (bicyclic) bond motifs is 1. The molecule has 2 aromatic carbocycles. The van der Waals surface area contributed by atoms with Gasteiger partial charge in [-0.25, -0.2) is 9.59 Å². The van der Waals surface area contributed by atoms with Gasteiger partial charge in [-0.3, -0.25) is 4.79 Å². The summed E-state index contributed by atoms with van der Waals surface area (Å²) in [6.45, 7) is 0. The SMILES string of the molecule is COC(=O)c1cccc(C(=O)N[C@H](Cc2c[nH]c3ccccc23)C(=O)O)c1. The van der Waals surface area contributed by atoms with E-state index in [2.05, 4.69) is 15.0 Å². The Labute approximate surface area is 155 Å². The van der Waals surface area contributed by atoms with Crippen LogP contribution in [0.1, 0.15) is 26.3 Å². The lowest BCUT2D eigenvalue weighted by molar-refractivity contribution is -0.139. The van der Waals surface area contributed by atoms with Crippen LogP contribution in [-0.4, -0.2) is 41.1 Å². The molecule has 1 atom stereocenters. The number of para-hydroxylation sites is 1. The summed E-state index contributed by atoms with van der Waals surface area (Å²) in [5, 5.41) is 12.9. The molecule has 7 heteroatoms. The monoisotopic (exact) mass is 366 g/mol. The molecule has 27 heavy (non-hydrogen) atoms. The first-order valence-corrected chi connectivity index (χ1v) is 8.26. The Hall–Kier alpha value is -3.61. The van der Waals surface area contributed by atoms with Crippen LogP contribution in [-0.2, 0) is 16.0 Å². The molecule has 7 nitrogen and oxygen atoms in total. The van der Waals surface area contributed by atoms with Gasteiger partial charge in [0, 0.05) is 29.1 Å². The van der Waals surface area contributed by atoms with Crippen molar-refractivity contribution in [3.8, 4) is 0 Å². The van der Waals surface area contributed by atoms with Crippen LogP contribution in [0.5, 0.6) is 0 Å². The molecule has 0 spiro atoms. The first kappa shape index (κ1) is 18.2. The molecule has 1 heterocycles. The van der Waals surface area contributed by atoms with Crippen molar-refractivity contribution in [1.29, 1.82) is 0 Å². The summed E-state index contributed by atoms with van der Waals surface area (Å²) in [7, 11) is 1.25. The van der Waals surface area contributed by atoms with E-state index in [0.717, 1.165) is 16.5 Å². The molecule has 0 fully saturated rings. The van der Waals surface area contributed by atoms with Crippen molar-refractivity contribution < 1.29 is 24.2 Å². The van der Waals surface area contributed by atoms with Crippen LogP contribution in [0.25, 0.3) is 10.9 Å². The number of ether oxygens (including phenoxy) is 1. The lowest BCUT2D eigenvalue weighted by Gasteiger charge is -2.14. The van der Waals surface area contributed by atoms with Gasteiger partial charge in [-0.2, -0.15) is 0 Å². The second-order valence-electron chi connectivity index (χ2n) is 6.00. The van der Waals surface area contributed by atoms with Gasteiger partial charge >= 0.3 is 11.9 Å². The summed E-state index contributed by atoms with van der Waals surface area (Å²) in [6, 6.07) is 12.4. The highest BCUT2D eigenvalue weighted by Crippen LogP contribution is 2.19. The van der Waals surface area contributed by atoms with Crippen LogP contribution in [0, 0.1) is 0 Å². The Morgan fingerprint density at radius 2 is 1.85 bits per heavy atom. The average molecular weight is 366 g/mol. The summed E-state index contributed by atoms with van der Waals surface area (Å²) in [5.74, 6) is -2.29. The Bertz CT molecular complexity index is 1010. The molecular weight excluding hydrogens is 348 g/mol. The second-order valence-corrected chi connectivity index (χ2v) is 6.00. The minimum Gasteiger partial charge on any atom is -0.480 e. The molecule has 0 aliphatic rings. The van der Waals surface area contributed by atoms with Crippen molar-refractivity contribution in [2.75, 3.05) is 7.11 Å². The third-order valence-electron chi connectivity index (χ3n) is 4.25. The lowest BCUT2D eigenvalue weighted by Crippen LogP contribution is -2.42. The van der Waals surface area contributed by atoms with E-state index in [9.17, 15) is 19.5 Å². The first-order chi connectivity index (χ1) is 13.0. The largest absolute Gasteiger partial charge is 0.480 e. The van der Waals surface area contributed by atoms with E-state index in [1.807, 2.05) is 24.3 Å². The number of nitrogens with one attached hydrogen (secondary N) is 2. The lowest BCUT2D eigenvalue weighted by atomic mass is 10.0. The van der Waals surface area contributed by atoms with Crippen molar-refractivity contribution in [3.05, 3.63) is 71.4 Å². The number of benzene rings is 2. The fraction of sp³-hybridized carbons (Fsp3) is 0.150. The van der Waals surface area contributed by atoms with Crippen LogP contribution in [0.15, 0.2) is 54.7 Å². The summed E-state index contributed by atoms with van der Waals surface area (Å²) in [6.07, 6.45) is 1.87. The molecule has 3 rings (SSSR count). The molecule has 0 saturated heterocycles. The predicted octanol–water partition coefficient (Wildman–Crippen LogP) is 2.38. The van der Waals surface area contributed by atoms with Gasteiger partial charge in [0.2, 0.25) is 0 Å². The Morgan fingerprint density at radius 1 is 1.11 bits per heavy atom. The number of carboxylic acids is 1. The van der Waals surface area contributed by atoms with Gasteiger partial charge in [0.15, 0.2) is 0 Å². The number of hydrogen-bond acceptors (Lipinski definition) is 4. The number of aromatic nitrogens is 1. The quantitative estimate of drug-likeness (QED) is 0.581. The number of carboxylic acid groups (broad SMARTS) is 1. The highest BCUT2D eigenvalue weighted by molar-refractivity contribution is 5.99. The van der Waals surface area contributed by atoms with Crippen LogP contribution < -0.4 is 5.32 Å². The van der Waals surface area contributed by atoms with E-state index in [4.69, 9.17) is 0 Å². The molecule has 0 saturated carbocycles. The Kier molecular flexibility index (Phi) is 5.21. The summed E-state index contributed by atoms with van der Waals surface area (Å²) < 4.78 is 4.63. The summed E-state index contributed by atoms with van der Waals surface area (Å²) >= 11 is 0. The number of carbonyl (C=O) groups excluding carboxylic acids is 2. The molecule has 0 bridgehead atoms. The summed E-state index contributed by atoms with van der Waals surface area (Å²) in [5.41, 5.74) is 2.09. The third kappa shape index (κ3) is 3.98. The molecule has 138 valence electrons. The highest BCUT2D eigenvalue weighted by Gasteiger charge is 2.23. The zero-order valence-electron chi connectivity index (χ0n) is 14.6. The van der Waals surface area contributed by atoms with Crippen molar-refractivity contribution >= 4 is 28.7 Å². The molecule has 0 radical (unpaired) electrons. The van der Waals surface area contributed by atoms with Gasteiger partial charge in [-0.15, -0.1) is 0 Å². The van der Waals surface area contributed by atoms with Gasteiger partial charge < -0.3 is 20.1 Å². The molecular formula is C20H18N2O5. The fourth-order valence-corrected chi connectivity index (χ4v) is 2.87. The minimum absolute atomic E-state index is 0.127. The van der Waals surface area contributed by atoms with Crippen molar-refractivity contribution in [2.24, 2.45) is 0 Å². The number of methoxy groups -OCH3 is 1. The molecule has 3 aromatic rings. The third-order valence-corrected chi connectivity index (χ3v) is 4.25. The van der Waals surface area contributed by atoms with E-state index in [0.29, 0.717) is 0 Å². The maximum Gasteiger partial charge on any atom is 0.337 e. The number of rotatable bonds is 6. The number of H-pyrrole nitrogens is 1. The van der Waals surface area contributed by atoms with E-state index >= 15 is 0 Å². The van der Waals surface area contributed by atoms with Crippen LogP contribution in [0.4, 0.5) is 0 Å². The molecule has 0 aliphatic carbocycles. The van der Waals surface area contributed by atoms with Crippen LogP contribution in [0.2, 0.25) is 0 Å². The van der Waals surface area contributed by atoms with Crippen LogP contribution in [0.3, 0.4) is 0 Å². The zero-order chi connectivity index (χ0) is 19.4. The van der Waals surface area contributed by atoms with Gasteiger partial charge in [-0.05, 0) is 29.8 Å². The number of aliphatic carboxylic acids is 1. The van der Waals surface area contributed by atoms with Gasteiger partial charge in [-0.1, -0.05) is 24.3 Å². The van der Waals surface area contributed by atoms with Gasteiger partial charge in [0.25, 0.3) is 5.91 Å². The normalized spacial score (nSPS) is 11.7. The fourth-order valence-electron chi connectivity index (χ4n) is 2.87. The van der Waals surface area contributed by atoms with Crippen molar-refractivity contribution in [3.63, 3.8) is 0 Å². The van der Waals surface area contributed by atoms with Crippen LogP contribution >= 0.6 is 0 Å². The molecule has 0 unspecified atom stereocenters. The number of aromatic amines is 1. The predicted molar refractivity (Wildman–Crippen MR) is 98.7 cm³/mol. The first-order valence-electron chi connectivity index (χ1n) is 8.26. The maximum atomic E-state index is 12.5. The molecule has 0 aliphatic heterocycles. The average Bonchev–Trinajstić information content (AvgIpc) is 3.09. The van der Waals surface area contributed by atoms with E-state index in [1.54, 1.807) is 6.20 Å². The number of amides is 1.